The van der Waals surface area contributed by atoms with Crippen LogP contribution >= 0.6 is 11.6 Å². The van der Waals surface area contributed by atoms with Gasteiger partial charge in [0.25, 0.3) is 0 Å². The second-order valence-corrected chi connectivity index (χ2v) is 5.23. The third-order valence-corrected chi connectivity index (χ3v) is 3.67. The molecule has 0 radical (unpaired) electrons. The lowest BCUT2D eigenvalue weighted by Gasteiger charge is -2.39. The fourth-order valence-electron chi connectivity index (χ4n) is 3.10. The maximum absolute atomic E-state index is 6.17. The van der Waals surface area contributed by atoms with Gasteiger partial charge >= 0.3 is 0 Å². The number of hydrogen-bond donors (Lipinski definition) is 0. The van der Waals surface area contributed by atoms with Crippen LogP contribution in [0.25, 0.3) is 0 Å². The lowest BCUT2D eigenvalue weighted by atomic mass is 9.68. The molecule has 2 atom stereocenters. The molecule has 2 aliphatic rings. The molecule has 0 nitrogen and oxygen atoms in total. The molecule has 2 unspecified atom stereocenters. The summed E-state index contributed by atoms with van der Waals surface area (Å²) in [6.07, 6.45) is 6.96. The Labute approximate surface area is 74.3 Å². The van der Waals surface area contributed by atoms with Crippen molar-refractivity contribution < 1.29 is 0 Å². The van der Waals surface area contributed by atoms with Gasteiger partial charge in [0.1, 0.15) is 0 Å². The first-order valence-electron chi connectivity index (χ1n) is 4.88. The Morgan fingerprint density at radius 3 is 2.00 bits per heavy atom. The molecule has 0 saturated heterocycles. The molecule has 0 N–H and O–H groups in total. The van der Waals surface area contributed by atoms with E-state index in [0.717, 1.165) is 17.8 Å². The van der Waals surface area contributed by atoms with Crippen LogP contribution in [0.5, 0.6) is 0 Å². The minimum absolute atomic E-state index is 0.506. The third kappa shape index (κ3) is 1.72. The molecule has 0 aromatic carbocycles. The molecule has 0 spiro atoms. The predicted molar refractivity (Wildman–Crippen MR) is 48.9 cm³/mol. The molecule has 0 aliphatic heterocycles. The smallest absolute Gasteiger partial charge is 0.0341 e. The van der Waals surface area contributed by atoms with Crippen molar-refractivity contribution >= 4 is 11.6 Å². The van der Waals surface area contributed by atoms with Crippen LogP contribution in [0.15, 0.2) is 0 Å². The first kappa shape index (κ1) is 7.91. The summed E-state index contributed by atoms with van der Waals surface area (Å²) in [5.41, 5.74) is 0. The highest BCUT2D eigenvalue weighted by Gasteiger charge is 2.33. The van der Waals surface area contributed by atoms with Gasteiger partial charge in [-0.05, 0) is 49.9 Å². The summed E-state index contributed by atoms with van der Waals surface area (Å²) in [5, 5.41) is 0.506. The molecule has 2 saturated carbocycles. The molecule has 11 heavy (non-hydrogen) atoms. The number of hydrogen-bond acceptors (Lipinski definition) is 0. The van der Waals surface area contributed by atoms with E-state index in [1.807, 2.05) is 0 Å². The molecule has 0 amide bonds. The molecule has 0 aromatic rings. The standard InChI is InChI=1S/C10H17Cl/c1-7-2-8-4-9(3-7)6-10(11)5-8/h7-10H,2-6H2,1H3. The summed E-state index contributed by atoms with van der Waals surface area (Å²) in [4.78, 5) is 0. The highest BCUT2D eigenvalue weighted by molar-refractivity contribution is 6.20. The maximum Gasteiger partial charge on any atom is 0.0341 e. The average Bonchev–Trinajstić information content (AvgIpc) is 1.82. The van der Waals surface area contributed by atoms with E-state index in [-0.39, 0.29) is 0 Å². The van der Waals surface area contributed by atoms with E-state index in [9.17, 15) is 0 Å². The second kappa shape index (κ2) is 2.97. The Morgan fingerprint density at radius 1 is 0.909 bits per heavy atom. The number of fused-ring (bicyclic) bond motifs is 2. The van der Waals surface area contributed by atoms with E-state index < -0.39 is 0 Å². The van der Waals surface area contributed by atoms with Crippen LogP contribution < -0.4 is 0 Å². The van der Waals surface area contributed by atoms with Crippen molar-refractivity contribution in [2.45, 2.75) is 44.4 Å². The van der Waals surface area contributed by atoms with Gasteiger partial charge in [-0.2, -0.15) is 0 Å². The van der Waals surface area contributed by atoms with Crippen LogP contribution in [0, 0.1) is 17.8 Å². The van der Waals surface area contributed by atoms with E-state index >= 15 is 0 Å². The molecule has 2 aliphatic carbocycles. The van der Waals surface area contributed by atoms with Crippen molar-refractivity contribution in [1.82, 2.24) is 0 Å². The zero-order chi connectivity index (χ0) is 7.84. The third-order valence-electron chi connectivity index (χ3n) is 3.32. The first-order valence-corrected chi connectivity index (χ1v) is 5.31. The van der Waals surface area contributed by atoms with E-state index in [2.05, 4.69) is 6.92 Å². The van der Waals surface area contributed by atoms with Gasteiger partial charge in [0.2, 0.25) is 0 Å². The fourth-order valence-corrected chi connectivity index (χ4v) is 3.61. The zero-order valence-corrected chi connectivity index (χ0v) is 7.98. The monoisotopic (exact) mass is 172 g/mol. The quantitative estimate of drug-likeness (QED) is 0.491. The van der Waals surface area contributed by atoms with Gasteiger partial charge in [-0.25, -0.2) is 0 Å². The Balaban J connectivity index is 2.00. The van der Waals surface area contributed by atoms with Crippen molar-refractivity contribution in [3.63, 3.8) is 0 Å². The van der Waals surface area contributed by atoms with Gasteiger partial charge in [-0.15, -0.1) is 11.6 Å². The largest absolute Gasteiger partial charge is 0.123 e. The van der Waals surface area contributed by atoms with Crippen molar-refractivity contribution in [2.75, 3.05) is 0 Å². The van der Waals surface area contributed by atoms with Crippen molar-refractivity contribution in [1.29, 1.82) is 0 Å². The summed E-state index contributed by atoms with van der Waals surface area (Å²) in [6, 6.07) is 0. The Bertz CT molecular complexity index is 110. The van der Waals surface area contributed by atoms with E-state index in [0.29, 0.717) is 5.38 Å². The molecule has 0 aromatic heterocycles. The number of alkyl halides is 1. The van der Waals surface area contributed by atoms with Crippen LogP contribution in [-0.2, 0) is 0 Å². The summed E-state index contributed by atoms with van der Waals surface area (Å²) >= 11 is 6.17. The van der Waals surface area contributed by atoms with Gasteiger partial charge in [-0.3, -0.25) is 0 Å². The molecular formula is C10H17Cl. The van der Waals surface area contributed by atoms with Gasteiger partial charge in [0.15, 0.2) is 0 Å². The molecule has 1 heteroatoms. The molecule has 2 bridgehead atoms. The molecule has 2 rings (SSSR count). The van der Waals surface area contributed by atoms with Crippen molar-refractivity contribution in [2.24, 2.45) is 17.8 Å². The van der Waals surface area contributed by atoms with Crippen molar-refractivity contribution in [3.05, 3.63) is 0 Å². The Morgan fingerprint density at radius 2 is 1.45 bits per heavy atom. The van der Waals surface area contributed by atoms with Crippen LogP contribution in [0.2, 0.25) is 0 Å². The highest BCUT2D eigenvalue weighted by atomic mass is 35.5. The maximum atomic E-state index is 6.17. The minimum atomic E-state index is 0.506. The summed E-state index contributed by atoms with van der Waals surface area (Å²) in [6.45, 7) is 2.40. The normalized spacial score (nSPS) is 50.7. The molecular weight excluding hydrogens is 156 g/mol. The summed E-state index contributed by atoms with van der Waals surface area (Å²) in [5.74, 6) is 2.92. The van der Waals surface area contributed by atoms with Gasteiger partial charge in [-0.1, -0.05) is 6.92 Å². The van der Waals surface area contributed by atoms with Gasteiger partial charge in [0, 0.05) is 5.38 Å². The summed E-state index contributed by atoms with van der Waals surface area (Å²) in [7, 11) is 0. The molecule has 64 valence electrons. The second-order valence-electron chi connectivity index (χ2n) is 4.61. The van der Waals surface area contributed by atoms with Crippen LogP contribution in [0.4, 0.5) is 0 Å². The summed E-state index contributed by atoms with van der Waals surface area (Å²) < 4.78 is 0. The topological polar surface area (TPSA) is 0 Å². The SMILES string of the molecule is CC1CC2CC(Cl)CC(C1)C2. The Kier molecular flexibility index (Phi) is 2.14. The predicted octanol–water partition coefficient (Wildman–Crippen LogP) is 3.44. The zero-order valence-electron chi connectivity index (χ0n) is 7.22. The van der Waals surface area contributed by atoms with Crippen molar-refractivity contribution in [3.8, 4) is 0 Å². The Hall–Kier alpha value is 0.290. The lowest BCUT2D eigenvalue weighted by molar-refractivity contribution is 0.149. The average molecular weight is 173 g/mol. The van der Waals surface area contributed by atoms with Crippen LogP contribution in [0.3, 0.4) is 0 Å². The molecule has 2 fully saturated rings. The lowest BCUT2D eigenvalue weighted by Crippen LogP contribution is -2.30. The first-order chi connectivity index (χ1) is 5.24. The van der Waals surface area contributed by atoms with Crippen LogP contribution in [-0.4, -0.2) is 5.38 Å². The van der Waals surface area contributed by atoms with Gasteiger partial charge < -0.3 is 0 Å². The molecule has 0 heterocycles. The number of rotatable bonds is 0. The van der Waals surface area contributed by atoms with E-state index in [1.165, 1.54) is 32.1 Å². The van der Waals surface area contributed by atoms with Gasteiger partial charge in [0.05, 0.1) is 0 Å². The number of halogens is 1. The van der Waals surface area contributed by atoms with E-state index in [4.69, 9.17) is 11.6 Å². The van der Waals surface area contributed by atoms with Crippen LogP contribution in [0.1, 0.15) is 39.0 Å². The minimum Gasteiger partial charge on any atom is -0.123 e. The highest BCUT2D eigenvalue weighted by Crippen LogP contribution is 2.43. The van der Waals surface area contributed by atoms with E-state index in [1.54, 1.807) is 0 Å². The fraction of sp³-hybridized carbons (Fsp3) is 1.00.